The lowest BCUT2D eigenvalue weighted by molar-refractivity contribution is 0.0565. The van der Waals surface area contributed by atoms with Crippen LogP contribution in [0.5, 0.6) is 11.5 Å². The van der Waals surface area contributed by atoms with Crippen molar-refractivity contribution in [2.75, 3.05) is 6.61 Å². The molecule has 2 unspecified atom stereocenters. The molecule has 0 amide bonds. The summed E-state index contributed by atoms with van der Waals surface area (Å²) in [6, 6.07) is 14.0. The number of para-hydroxylation sites is 2. The summed E-state index contributed by atoms with van der Waals surface area (Å²) in [6.07, 6.45) is -0.349. The molecule has 0 saturated carbocycles. The first-order valence-electron chi connectivity index (χ1n) is 7.82. The number of hydrogen-bond donors (Lipinski definition) is 0. The van der Waals surface area contributed by atoms with Gasteiger partial charge in [-0.05, 0) is 38.1 Å². The van der Waals surface area contributed by atoms with E-state index in [4.69, 9.17) is 13.7 Å². The molecule has 128 valence electrons. The van der Waals surface area contributed by atoms with Crippen LogP contribution in [0, 0.1) is 6.92 Å². The molecular formula is C18H20O5S. The van der Waals surface area contributed by atoms with E-state index in [0.29, 0.717) is 24.5 Å². The fraction of sp³-hybridized carbons (Fsp3) is 0.333. The second kappa shape index (κ2) is 6.83. The zero-order valence-corrected chi connectivity index (χ0v) is 14.5. The fourth-order valence-corrected chi connectivity index (χ4v) is 3.66. The zero-order chi connectivity index (χ0) is 17.2. The molecule has 0 N–H and O–H groups in total. The summed E-state index contributed by atoms with van der Waals surface area (Å²) < 4.78 is 41.4. The highest BCUT2D eigenvalue weighted by atomic mass is 32.2. The minimum atomic E-state index is -3.78. The van der Waals surface area contributed by atoms with E-state index >= 15 is 0 Å². The van der Waals surface area contributed by atoms with Gasteiger partial charge in [0.05, 0.1) is 11.0 Å². The summed E-state index contributed by atoms with van der Waals surface area (Å²) in [5.41, 5.74) is 0.994. The van der Waals surface area contributed by atoms with E-state index in [2.05, 4.69) is 0 Å². The maximum atomic E-state index is 12.3. The van der Waals surface area contributed by atoms with Gasteiger partial charge in [0.25, 0.3) is 10.1 Å². The highest BCUT2D eigenvalue weighted by molar-refractivity contribution is 7.86. The van der Waals surface area contributed by atoms with Crippen LogP contribution in [0.3, 0.4) is 0 Å². The number of benzene rings is 2. The second-order valence-electron chi connectivity index (χ2n) is 5.91. The molecule has 1 heterocycles. The zero-order valence-electron chi connectivity index (χ0n) is 13.6. The van der Waals surface area contributed by atoms with Gasteiger partial charge in [-0.2, -0.15) is 8.42 Å². The summed E-state index contributed by atoms with van der Waals surface area (Å²) in [5.74, 6) is 1.37. The van der Waals surface area contributed by atoms with E-state index in [1.54, 1.807) is 31.2 Å². The number of fused-ring (bicyclic) bond motifs is 1. The average molecular weight is 348 g/mol. The van der Waals surface area contributed by atoms with Gasteiger partial charge in [0.2, 0.25) is 0 Å². The Morgan fingerprint density at radius 2 is 1.79 bits per heavy atom. The van der Waals surface area contributed by atoms with Crippen molar-refractivity contribution in [3.63, 3.8) is 0 Å². The van der Waals surface area contributed by atoms with Crippen LogP contribution >= 0.6 is 0 Å². The quantitative estimate of drug-likeness (QED) is 0.776. The highest BCUT2D eigenvalue weighted by Crippen LogP contribution is 2.32. The molecule has 0 fully saturated rings. The first-order valence-corrected chi connectivity index (χ1v) is 9.23. The molecular weight excluding hydrogens is 328 g/mol. The Hall–Kier alpha value is -2.05. The molecule has 6 heteroatoms. The van der Waals surface area contributed by atoms with Crippen molar-refractivity contribution in [3.8, 4) is 11.5 Å². The number of hydrogen-bond acceptors (Lipinski definition) is 5. The first-order chi connectivity index (χ1) is 11.4. The van der Waals surface area contributed by atoms with Crippen molar-refractivity contribution in [1.29, 1.82) is 0 Å². The molecule has 2 aromatic rings. The Labute approximate surface area is 142 Å². The molecule has 1 aliphatic heterocycles. The smallest absolute Gasteiger partial charge is 0.297 e. The molecule has 0 bridgehead atoms. The molecule has 2 aromatic carbocycles. The van der Waals surface area contributed by atoms with E-state index in [-0.39, 0.29) is 11.0 Å². The third kappa shape index (κ3) is 3.88. The van der Waals surface area contributed by atoms with Crippen LogP contribution in [0.1, 0.15) is 18.9 Å². The molecule has 3 rings (SSSR count). The van der Waals surface area contributed by atoms with Gasteiger partial charge in [0.15, 0.2) is 11.5 Å². The van der Waals surface area contributed by atoms with Crippen LogP contribution in [0.2, 0.25) is 0 Å². The SMILES string of the molecule is Cc1ccc(S(=O)(=O)OC(C)CC2COc3ccccc3O2)cc1. The Morgan fingerprint density at radius 3 is 2.50 bits per heavy atom. The van der Waals surface area contributed by atoms with Gasteiger partial charge in [-0.25, -0.2) is 0 Å². The van der Waals surface area contributed by atoms with Gasteiger partial charge >= 0.3 is 0 Å². The second-order valence-corrected chi connectivity index (χ2v) is 7.48. The normalized spacial score (nSPS) is 18.2. The predicted octanol–water partition coefficient (Wildman–Crippen LogP) is 3.32. The summed E-state index contributed by atoms with van der Waals surface area (Å²) in [4.78, 5) is 0.158. The lowest BCUT2D eigenvalue weighted by atomic mass is 10.1. The van der Waals surface area contributed by atoms with E-state index in [0.717, 1.165) is 5.56 Å². The van der Waals surface area contributed by atoms with Gasteiger partial charge < -0.3 is 9.47 Å². The number of rotatable bonds is 5. The molecule has 2 atom stereocenters. The van der Waals surface area contributed by atoms with E-state index in [1.165, 1.54) is 0 Å². The summed E-state index contributed by atoms with van der Waals surface area (Å²) in [7, 11) is -3.78. The topological polar surface area (TPSA) is 61.8 Å². The molecule has 5 nitrogen and oxygen atoms in total. The minimum absolute atomic E-state index is 0.158. The van der Waals surface area contributed by atoms with E-state index in [9.17, 15) is 8.42 Å². The maximum absolute atomic E-state index is 12.3. The van der Waals surface area contributed by atoms with Crippen molar-refractivity contribution in [2.45, 2.75) is 37.4 Å². The van der Waals surface area contributed by atoms with Crippen molar-refractivity contribution < 1.29 is 22.1 Å². The largest absolute Gasteiger partial charge is 0.486 e. The maximum Gasteiger partial charge on any atom is 0.297 e. The molecule has 0 saturated heterocycles. The molecule has 24 heavy (non-hydrogen) atoms. The number of ether oxygens (including phenoxy) is 2. The van der Waals surface area contributed by atoms with Crippen molar-refractivity contribution >= 4 is 10.1 Å². The highest BCUT2D eigenvalue weighted by Gasteiger charge is 2.26. The van der Waals surface area contributed by atoms with Gasteiger partial charge in [0.1, 0.15) is 12.7 Å². The Kier molecular flexibility index (Phi) is 4.78. The Bertz CT molecular complexity index is 798. The Morgan fingerprint density at radius 1 is 1.12 bits per heavy atom. The third-order valence-corrected chi connectivity index (χ3v) is 5.19. The summed E-state index contributed by atoms with van der Waals surface area (Å²) in [5, 5.41) is 0. The van der Waals surface area contributed by atoms with Crippen molar-refractivity contribution in [3.05, 3.63) is 54.1 Å². The van der Waals surface area contributed by atoms with Crippen LogP contribution in [0.15, 0.2) is 53.4 Å². The monoisotopic (exact) mass is 348 g/mol. The molecule has 0 aromatic heterocycles. The first kappa shape index (κ1) is 16.8. The predicted molar refractivity (Wildman–Crippen MR) is 89.9 cm³/mol. The van der Waals surface area contributed by atoms with Gasteiger partial charge in [-0.3, -0.25) is 4.18 Å². The minimum Gasteiger partial charge on any atom is -0.486 e. The summed E-state index contributed by atoms with van der Waals surface area (Å²) >= 11 is 0. The molecule has 0 radical (unpaired) electrons. The third-order valence-electron chi connectivity index (χ3n) is 3.76. The Balaban J connectivity index is 1.61. The van der Waals surface area contributed by atoms with Crippen LogP contribution < -0.4 is 9.47 Å². The lowest BCUT2D eigenvalue weighted by Crippen LogP contribution is -2.33. The van der Waals surface area contributed by atoms with Crippen LogP contribution in [0.4, 0.5) is 0 Å². The van der Waals surface area contributed by atoms with E-state index in [1.807, 2.05) is 31.2 Å². The van der Waals surface area contributed by atoms with E-state index < -0.39 is 16.2 Å². The molecule has 0 aliphatic carbocycles. The van der Waals surface area contributed by atoms with Crippen molar-refractivity contribution in [2.24, 2.45) is 0 Å². The van der Waals surface area contributed by atoms with Gasteiger partial charge in [-0.1, -0.05) is 29.8 Å². The van der Waals surface area contributed by atoms with Crippen LogP contribution in [-0.2, 0) is 14.3 Å². The fourth-order valence-electron chi connectivity index (χ4n) is 2.57. The van der Waals surface area contributed by atoms with Crippen LogP contribution in [0.25, 0.3) is 0 Å². The standard InChI is InChI=1S/C18H20O5S/c1-13-7-9-16(10-8-13)24(19,20)23-14(2)11-15-12-21-17-5-3-4-6-18(17)22-15/h3-10,14-15H,11-12H2,1-2H3. The molecule has 0 spiro atoms. The lowest BCUT2D eigenvalue weighted by Gasteiger charge is -2.28. The average Bonchev–Trinajstić information content (AvgIpc) is 2.54. The van der Waals surface area contributed by atoms with Gasteiger partial charge in [-0.15, -0.1) is 0 Å². The van der Waals surface area contributed by atoms with Crippen molar-refractivity contribution in [1.82, 2.24) is 0 Å². The number of aryl methyl sites for hydroxylation is 1. The van der Waals surface area contributed by atoms with Gasteiger partial charge in [0, 0.05) is 6.42 Å². The van der Waals surface area contributed by atoms with Crippen LogP contribution in [-0.4, -0.2) is 27.2 Å². The molecule has 1 aliphatic rings. The summed E-state index contributed by atoms with van der Waals surface area (Å²) in [6.45, 7) is 3.99.